The molecule has 1 aliphatic carbocycles. The third-order valence-electron chi connectivity index (χ3n) is 2.98. The summed E-state index contributed by atoms with van der Waals surface area (Å²) in [5.74, 6) is 0.611. The van der Waals surface area contributed by atoms with Crippen LogP contribution in [0.25, 0.3) is 0 Å². The molecule has 0 N–H and O–H groups in total. The first kappa shape index (κ1) is 12.1. The summed E-state index contributed by atoms with van der Waals surface area (Å²) < 4.78 is 17.1. The molecule has 82 valence electrons. The molecule has 3 atom stereocenters. The summed E-state index contributed by atoms with van der Waals surface area (Å²) >= 11 is 0. The van der Waals surface area contributed by atoms with Crippen molar-refractivity contribution in [2.45, 2.75) is 58.5 Å². The van der Waals surface area contributed by atoms with Crippen molar-refractivity contribution < 1.29 is 9.09 Å². The van der Waals surface area contributed by atoms with Crippen LogP contribution in [0.4, 0.5) is 0 Å². The van der Waals surface area contributed by atoms with Crippen molar-refractivity contribution in [2.75, 3.05) is 6.16 Å². The smallest absolute Gasteiger partial charge is 0.143 e. The summed E-state index contributed by atoms with van der Waals surface area (Å²) in [7, 11) is -1.38. The predicted molar refractivity (Wildman–Crippen MR) is 59.9 cm³/mol. The fourth-order valence-corrected chi connectivity index (χ4v) is 3.17. The van der Waals surface area contributed by atoms with Gasteiger partial charge in [0.1, 0.15) is 6.10 Å². The zero-order chi connectivity index (χ0) is 10.4. The van der Waals surface area contributed by atoms with E-state index in [2.05, 4.69) is 13.8 Å². The molecule has 0 spiro atoms. The summed E-state index contributed by atoms with van der Waals surface area (Å²) in [6.45, 7) is 4.36. The van der Waals surface area contributed by atoms with Gasteiger partial charge in [-0.15, -0.1) is 4.52 Å². The molecular weight excluding hydrogens is 195 g/mol. The molecule has 1 aliphatic rings. The van der Waals surface area contributed by atoms with Gasteiger partial charge in [-0.2, -0.15) is 0 Å². The Balaban J connectivity index is 2.13. The van der Waals surface area contributed by atoms with Gasteiger partial charge in [0, 0.05) is 0 Å². The molecule has 0 amide bonds. The summed E-state index contributed by atoms with van der Waals surface area (Å²) in [5, 5.41) is 0. The summed E-state index contributed by atoms with van der Waals surface area (Å²) in [4.78, 5) is 0. The van der Waals surface area contributed by atoms with Gasteiger partial charge in [-0.1, -0.05) is 26.7 Å². The first-order valence-corrected chi connectivity index (χ1v) is 7.21. The molecule has 0 bridgehead atoms. The average molecular weight is 217 g/mol. The normalized spacial score (nSPS) is 28.0. The standard InChI is InChI=1S/C11H22O2P/c1-3-4-5-9-14(12)13-11-8-6-7-10(11)2/h10-11H,3-9H2,1-2H3/q+1. The maximum atomic E-state index is 11.5. The maximum Gasteiger partial charge on any atom is 0.508 e. The van der Waals surface area contributed by atoms with Crippen LogP contribution in [0.2, 0.25) is 0 Å². The highest BCUT2D eigenvalue weighted by molar-refractivity contribution is 7.39. The van der Waals surface area contributed by atoms with Crippen molar-refractivity contribution in [3.8, 4) is 0 Å². The molecule has 14 heavy (non-hydrogen) atoms. The van der Waals surface area contributed by atoms with Gasteiger partial charge >= 0.3 is 8.03 Å². The van der Waals surface area contributed by atoms with Crippen LogP contribution in [0.1, 0.15) is 52.4 Å². The van der Waals surface area contributed by atoms with E-state index in [9.17, 15) is 4.57 Å². The Morgan fingerprint density at radius 1 is 1.36 bits per heavy atom. The van der Waals surface area contributed by atoms with Gasteiger partial charge in [-0.05, 0) is 36.2 Å². The third kappa shape index (κ3) is 4.06. The largest absolute Gasteiger partial charge is 0.508 e. The van der Waals surface area contributed by atoms with Crippen LogP contribution >= 0.6 is 8.03 Å². The minimum atomic E-state index is -1.38. The molecule has 0 heterocycles. The second-order valence-corrected chi connectivity index (χ2v) is 5.64. The molecule has 0 saturated heterocycles. The molecule has 1 fully saturated rings. The Morgan fingerprint density at radius 3 is 2.71 bits per heavy atom. The molecule has 0 aromatic rings. The summed E-state index contributed by atoms with van der Waals surface area (Å²) in [6, 6.07) is 0. The zero-order valence-electron chi connectivity index (χ0n) is 9.37. The van der Waals surface area contributed by atoms with Crippen LogP contribution < -0.4 is 0 Å². The topological polar surface area (TPSA) is 26.3 Å². The molecule has 0 radical (unpaired) electrons. The summed E-state index contributed by atoms with van der Waals surface area (Å²) in [6.07, 6.45) is 8.02. The van der Waals surface area contributed by atoms with Crippen molar-refractivity contribution >= 4 is 8.03 Å². The Bertz CT molecular complexity index is 182. The van der Waals surface area contributed by atoms with Gasteiger partial charge < -0.3 is 0 Å². The fourth-order valence-electron chi connectivity index (χ4n) is 1.96. The molecule has 0 aromatic heterocycles. The van der Waals surface area contributed by atoms with Crippen molar-refractivity contribution in [3.05, 3.63) is 0 Å². The zero-order valence-corrected chi connectivity index (χ0v) is 10.3. The van der Waals surface area contributed by atoms with E-state index in [1.807, 2.05) is 0 Å². The van der Waals surface area contributed by atoms with Gasteiger partial charge in [0.25, 0.3) is 0 Å². The monoisotopic (exact) mass is 217 g/mol. The van der Waals surface area contributed by atoms with E-state index in [0.717, 1.165) is 19.0 Å². The van der Waals surface area contributed by atoms with Crippen molar-refractivity contribution in [1.82, 2.24) is 0 Å². The number of unbranched alkanes of at least 4 members (excludes halogenated alkanes) is 2. The van der Waals surface area contributed by atoms with Crippen LogP contribution in [0.3, 0.4) is 0 Å². The molecule has 3 unspecified atom stereocenters. The van der Waals surface area contributed by atoms with Crippen LogP contribution in [-0.2, 0) is 9.09 Å². The lowest BCUT2D eigenvalue weighted by molar-refractivity contribution is 0.179. The summed E-state index contributed by atoms with van der Waals surface area (Å²) in [5.41, 5.74) is 0. The fraction of sp³-hybridized carbons (Fsp3) is 1.00. The average Bonchev–Trinajstić information content (AvgIpc) is 2.52. The van der Waals surface area contributed by atoms with Gasteiger partial charge in [-0.25, -0.2) is 0 Å². The lowest BCUT2D eigenvalue weighted by atomic mass is 10.1. The SMILES string of the molecule is CCCCC[P+](=O)OC1CCCC1C. The molecule has 2 nitrogen and oxygen atoms in total. The first-order valence-electron chi connectivity index (χ1n) is 5.85. The molecule has 0 aliphatic heterocycles. The van der Waals surface area contributed by atoms with Crippen LogP contribution in [0, 0.1) is 5.92 Å². The minimum absolute atomic E-state index is 0.278. The Labute approximate surface area is 88.3 Å². The van der Waals surface area contributed by atoms with E-state index in [4.69, 9.17) is 4.52 Å². The number of hydrogen-bond donors (Lipinski definition) is 0. The van der Waals surface area contributed by atoms with E-state index in [1.165, 1.54) is 25.7 Å². The van der Waals surface area contributed by atoms with Crippen LogP contribution in [-0.4, -0.2) is 12.3 Å². The maximum absolute atomic E-state index is 11.5. The van der Waals surface area contributed by atoms with Gasteiger partial charge in [0.2, 0.25) is 0 Å². The second kappa shape index (κ2) is 6.53. The lowest BCUT2D eigenvalue weighted by Crippen LogP contribution is -2.11. The quantitative estimate of drug-likeness (QED) is 0.494. The van der Waals surface area contributed by atoms with Crippen molar-refractivity contribution in [1.29, 1.82) is 0 Å². The lowest BCUT2D eigenvalue weighted by Gasteiger charge is -2.07. The van der Waals surface area contributed by atoms with Crippen LogP contribution in [0.5, 0.6) is 0 Å². The number of hydrogen-bond acceptors (Lipinski definition) is 2. The van der Waals surface area contributed by atoms with Crippen LogP contribution in [0.15, 0.2) is 0 Å². The Kier molecular flexibility index (Phi) is 5.66. The molecule has 1 saturated carbocycles. The molecule has 1 rings (SSSR count). The van der Waals surface area contributed by atoms with E-state index >= 15 is 0 Å². The van der Waals surface area contributed by atoms with E-state index in [1.54, 1.807) is 0 Å². The van der Waals surface area contributed by atoms with Crippen molar-refractivity contribution in [2.24, 2.45) is 5.92 Å². The highest BCUT2D eigenvalue weighted by Gasteiger charge is 2.32. The molecular formula is C11H22O2P+. The third-order valence-corrected chi connectivity index (χ3v) is 4.17. The Hall–Kier alpha value is 0.0600. The first-order chi connectivity index (χ1) is 6.74. The second-order valence-electron chi connectivity index (χ2n) is 4.32. The van der Waals surface area contributed by atoms with Gasteiger partial charge in [0.15, 0.2) is 6.16 Å². The van der Waals surface area contributed by atoms with E-state index in [0.29, 0.717) is 5.92 Å². The van der Waals surface area contributed by atoms with Gasteiger partial charge in [-0.3, -0.25) is 0 Å². The minimum Gasteiger partial charge on any atom is -0.143 e. The highest BCUT2D eigenvalue weighted by atomic mass is 31.1. The van der Waals surface area contributed by atoms with E-state index in [-0.39, 0.29) is 6.10 Å². The Morgan fingerprint density at radius 2 is 2.14 bits per heavy atom. The molecule has 3 heteroatoms. The predicted octanol–water partition coefficient (Wildman–Crippen LogP) is 4.12. The van der Waals surface area contributed by atoms with Crippen molar-refractivity contribution in [3.63, 3.8) is 0 Å². The molecule has 0 aromatic carbocycles. The van der Waals surface area contributed by atoms with Gasteiger partial charge in [0.05, 0.1) is 0 Å². The highest BCUT2D eigenvalue weighted by Crippen LogP contribution is 2.36. The van der Waals surface area contributed by atoms with E-state index < -0.39 is 8.03 Å². The number of rotatable bonds is 6.